The zero-order valence-electron chi connectivity index (χ0n) is 3.17. The monoisotopic (exact) mass is 114 g/mol. The van der Waals surface area contributed by atoms with Crippen molar-refractivity contribution in [2.75, 3.05) is 0 Å². The fraction of sp³-hybridized carbons (Fsp3) is 0. The molecule has 1 radical (unpaired) electrons. The number of rotatable bonds is 0. The highest BCUT2D eigenvalue weighted by atomic mass is 32.2. The minimum absolute atomic E-state index is 0.542. The Morgan fingerprint density at radius 1 is 1.57 bits per heavy atom. The van der Waals surface area contributed by atoms with Crippen LogP contribution in [0.1, 0.15) is 0 Å². The molecule has 1 heterocycles. The number of amides is 1. The molecule has 0 fully saturated rings. The minimum atomic E-state index is -0.704. The van der Waals surface area contributed by atoms with Crippen LogP contribution in [-0.2, 0) is 9.59 Å². The van der Waals surface area contributed by atoms with Gasteiger partial charge in [-0.3, -0.25) is 9.59 Å². The van der Waals surface area contributed by atoms with Crippen molar-refractivity contribution in [3.05, 3.63) is 0 Å². The summed E-state index contributed by atoms with van der Waals surface area (Å²) < 4.78 is 0. The zero-order chi connectivity index (χ0) is 5.28. The molecule has 7 heavy (non-hydrogen) atoms. The fourth-order valence-corrected chi connectivity index (χ4v) is 0.539. The van der Waals surface area contributed by atoms with Gasteiger partial charge < -0.3 is 0 Å². The van der Waals surface area contributed by atoms with Gasteiger partial charge >= 0.3 is 5.91 Å². The normalized spacial score (nSPS) is 18.9. The van der Waals surface area contributed by atoms with Crippen molar-refractivity contribution in [1.82, 2.24) is 0 Å². The van der Waals surface area contributed by atoms with Gasteiger partial charge in [-0.15, -0.1) is 0 Å². The Kier molecular flexibility index (Phi) is 0.941. The molecule has 0 aliphatic carbocycles. The predicted octanol–water partition coefficient (Wildman–Crippen LogP) is -0.308. The highest BCUT2D eigenvalue weighted by Gasteiger charge is 2.17. The summed E-state index contributed by atoms with van der Waals surface area (Å²) in [6.07, 6.45) is 0. The molecule has 35 valence electrons. The second kappa shape index (κ2) is 1.46. The smallest absolute Gasteiger partial charge is 0.275 e. The second-order valence-corrected chi connectivity index (χ2v) is 1.66. The lowest BCUT2D eigenvalue weighted by Crippen LogP contribution is -1.98. The van der Waals surface area contributed by atoms with E-state index >= 15 is 0 Å². The van der Waals surface area contributed by atoms with Crippen LogP contribution < -0.4 is 0 Å². The van der Waals surface area contributed by atoms with E-state index in [1.54, 1.807) is 0 Å². The SMILES string of the molecule is O=C1N=[C]SC1=O. The molecule has 0 spiro atoms. The molecule has 0 aromatic carbocycles. The van der Waals surface area contributed by atoms with Crippen molar-refractivity contribution in [3.8, 4) is 0 Å². The largest absolute Gasteiger partial charge is 0.325 e. The van der Waals surface area contributed by atoms with Gasteiger partial charge in [0.15, 0.2) is 0 Å². The summed E-state index contributed by atoms with van der Waals surface area (Å²) in [5, 5.41) is -0.542. The molecular formula is C3NO2S. The molecule has 1 rings (SSSR count). The van der Waals surface area contributed by atoms with Crippen molar-refractivity contribution < 1.29 is 9.59 Å². The quantitative estimate of drug-likeness (QED) is 0.406. The maximum absolute atomic E-state index is 10.0. The molecule has 1 aliphatic heterocycles. The number of aliphatic imine (C=N–C) groups is 1. The average Bonchev–Trinajstić information content (AvgIpc) is 1.91. The molecule has 3 nitrogen and oxygen atoms in total. The maximum Gasteiger partial charge on any atom is 0.325 e. The van der Waals surface area contributed by atoms with Crippen LogP contribution in [0.25, 0.3) is 0 Å². The van der Waals surface area contributed by atoms with E-state index < -0.39 is 11.0 Å². The summed E-state index contributed by atoms with van der Waals surface area (Å²) in [7, 11) is 0. The summed E-state index contributed by atoms with van der Waals surface area (Å²) in [5.74, 6) is -0.704. The van der Waals surface area contributed by atoms with Gasteiger partial charge in [-0.05, 0) is 11.8 Å². The van der Waals surface area contributed by atoms with Crippen molar-refractivity contribution >= 4 is 28.3 Å². The van der Waals surface area contributed by atoms with Crippen LogP contribution >= 0.6 is 11.8 Å². The fourth-order valence-electron chi connectivity index (χ4n) is 0.195. The van der Waals surface area contributed by atoms with Gasteiger partial charge in [-0.1, -0.05) is 0 Å². The highest BCUT2D eigenvalue weighted by molar-refractivity contribution is 8.27. The number of nitrogens with zero attached hydrogens (tertiary/aromatic N) is 1. The molecular weight excluding hydrogens is 114 g/mol. The van der Waals surface area contributed by atoms with Gasteiger partial charge in [0.25, 0.3) is 5.12 Å². The van der Waals surface area contributed by atoms with E-state index in [9.17, 15) is 9.59 Å². The molecule has 0 atom stereocenters. The third-order valence-corrected chi connectivity index (χ3v) is 1.00. The second-order valence-electron chi connectivity index (χ2n) is 0.898. The standard InChI is InChI=1S/C3NO2S/c5-2-3(6)7-1-4-2. The molecule has 0 saturated heterocycles. The van der Waals surface area contributed by atoms with Crippen molar-refractivity contribution in [2.24, 2.45) is 4.99 Å². The van der Waals surface area contributed by atoms with Crippen LogP contribution in [0.15, 0.2) is 4.99 Å². The summed E-state index contributed by atoms with van der Waals surface area (Å²) in [6.45, 7) is 0. The first-order valence-electron chi connectivity index (χ1n) is 1.51. The molecule has 0 unspecified atom stereocenters. The Bertz CT molecular complexity index is 151. The highest BCUT2D eigenvalue weighted by Crippen LogP contribution is 2.05. The molecule has 0 saturated carbocycles. The number of hydrogen-bond donors (Lipinski definition) is 0. The number of thioether (sulfide) groups is 1. The topological polar surface area (TPSA) is 46.5 Å². The van der Waals surface area contributed by atoms with Crippen LogP contribution in [0.3, 0.4) is 0 Å². The van der Waals surface area contributed by atoms with Crippen LogP contribution in [0, 0.1) is 0 Å². The van der Waals surface area contributed by atoms with E-state index in [1.165, 1.54) is 0 Å². The minimum Gasteiger partial charge on any atom is -0.275 e. The first-order valence-corrected chi connectivity index (χ1v) is 2.33. The Morgan fingerprint density at radius 2 is 2.29 bits per heavy atom. The molecule has 0 N–H and O–H groups in total. The summed E-state index contributed by atoms with van der Waals surface area (Å²) in [5.41, 5.74) is 2.16. The molecule has 1 aliphatic rings. The Labute approximate surface area is 43.8 Å². The molecule has 0 aromatic heterocycles. The summed E-state index contributed by atoms with van der Waals surface area (Å²) in [6, 6.07) is 0. The lowest BCUT2D eigenvalue weighted by molar-refractivity contribution is -0.130. The third-order valence-electron chi connectivity index (χ3n) is 0.460. The van der Waals surface area contributed by atoms with Gasteiger partial charge in [0.05, 0.1) is 0 Å². The lowest BCUT2D eigenvalue weighted by Gasteiger charge is -1.69. The van der Waals surface area contributed by atoms with E-state index in [0.29, 0.717) is 11.8 Å². The number of carbonyl (C=O) groups is 2. The number of hydrogen-bond acceptors (Lipinski definition) is 3. The van der Waals surface area contributed by atoms with E-state index in [4.69, 9.17) is 0 Å². The first kappa shape index (κ1) is 4.52. The van der Waals surface area contributed by atoms with Gasteiger partial charge in [-0.2, -0.15) is 4.99 Å². The van der Waals surface area contributed by atoms with Crippen molar-refractivity contribution in [3.63, 3.8) is 0 Å². The van der Waals surface area contributed by atoms with Gasteiger partial charge in [0.1, 0.15) is 5.55 Å². The number of carbonyl (C=O) groups excluding carboxylic acids is 2. The van der Waals surface area contributed by atoms with Gasteiger partial charge in [-0.25, -0.2) is 0 Å². The van der Waals surface area contributed by atoms with Crippen LogP contribution in [0.2, 0.25) is 0 Å². The first-order chi connectivity index (χ1) is 3.30. The van der Waals surface area contributed by atoms with Crippen molar-refractivity contribution in [2.45, 2.75) is 0 Å². The Balaban J connectivity index is 2.81. The van der Waals surface area contributed by atoms with E-state index in [0.717, 1.165) is 0 Å². The Hall–Kier alpha value is -0.640. The molecule has 4 heteroatoms. The molecule has 0 bridgehead atoms. The van der Waals surface area contributed by atoms with E-state index in [2.05, 4.69) is 10.5 Å². The maximum atomic E-state index is 10.0. The predicted molar refractivity (Wildman–Crippen MR) is 25.0 cm³/mol. The average molecular weight is 114 g/mol. The summed E-state index contributed by atoms with van der Waals surface area (Å²) in [4.78, 5) is 23.0. The summed E-state index contributed by atoms with van der Waals surface area (Å²) >= 11 is 0.700. The van der Waals surface area contributed by atoms with Crippen molar-refractivity contribution in [1.29, 1.82) is 0 Å². The third kappa shape index (κ3) is 0.691. The molecule has 0 aromatic rings. The Morgan fingerprint density at radius 3 is 2.43 bits per heavy atom. The lowest BCUT2D eigenvalue weighted by atomic mass is 10.7. The van der Waals surface area contributed by atoms with E-state index in [1.807, 2.05) is 0 Å². The van der Waals surface area contributed by atoms with Gasteiger partial charge in [0.2, 0.25) is 0 Å². The zero-order valence-corrected chi connectivity index (χ0v) is 3.99. The van der Waals surface area contributed by atoms with E-state index in [-0.39, 0.29) is 0 Å². The van der Waals surface area contributed by atoms with Crippen LogP contribution in [0.5, 0.6) is 0 Å². The van der Waals surface area contributed by atoms with Gasteiger partial charge in [0, 0.05) is 0 Å². The molecule has 1 amide bonds. The van der Waals surface area contributed by atoms with Crippen LogP contribution in [0.4, 0.5) is 0 Å². The van der Waals surface area contributed by atoms with Crippen LogP contribution in [-0.4, -0.2) is 16.6 Å².